The number of amides is 3. The molecule has 3 amide bonds. The first-order valence-corrected chi connectivity index (χ1v) is 26.3. The molecule has 0 spiro atoms. The molecule has 4 aromatic rings. The van der Waals surface area contributed by atoms with Gasteiger partial charge in [0.1, 0.15) is 65.5 Å². The summed E-state index contributed by atoms with van der Waals surface area (Å²) in [6, 6.07) is 20.9. The van der Waals surface area contributed by atoms with E-state index in [-0.39, 0.29) is 78.7 Å². The molecule has 4 aromatic carbocycles. The summed E-state index contributed by atoms with van der Waals surface area (Å²) in [6.07, 6.45) is 2.57. The predicted octanol–water partition coefficient (Wildman–Crippen LogP) is 7.03. The lowest BCUT2D eigenvalue weighted by Crippen LogP contribution is -2.51. The van der Waals surface area contributed by atoms with Gasteiger partial charge in [0.15, 0.2) is 17.3 Å². The first-order chi connectivity index (χ1) is 35.0. The summed E-state index contributed by atoms with van der Waals surface area (Å²) in [6.45, 7) is 3.04. The van der Waals surface area contributed by atoms with Gasteiger partial charge in [0, 0.05) is 64.0 Å². The van der Waals surface area contributed by atoms with Gasteiger partial charge in [-0.3, -0.25) is 23.5 Å². The molecular weight excluding hydrogens is 1050 g/mol. The van der Waals surface area contributed by atoms with Crippen LogP contribution in [0.3, 0.4) is 0 Å². The number of likely N-dealkylation sites (N-methyl/N-ethyl adjacent to an activating group) is 2. The van der Waals surface area contributed by atoms with Gasteiger partial charge in [-0.15, -0.1) is 22.6 Å². The number of carboxylic acids is 1. The van der Waals surface area contributed by atoms with Crippen molar-refractivity contribution in [3.63, 3.8) is 0 Å². The Bertz CT molecular complexity index is 2920. The van der Waals surface area contributed by atoms with E-state index < -0.39 is 74.2 Å². The Balaban J connectivity index is 0.000000231. The second kappa shape index (κ2) is 27.8. The molecule has 75 heavy (non-hydrogen) atoms. The van der Waals surface area contributed by atoms with Crippen LogP contribution in [0.15, 0.2) is 105 Å². The molecule has 0 fully saturated rings. The minimum absolute atomic E-state index is 0. The predicted molar refractivity (Wildman–Crippen MR) is 276 cm³/mol. The summed E-state index contributed by atoms with van der Waals surface area (Å²) in [7, 11) is -5.00. The smallest absolute Gasteiger partial charge is 0.352 e. The lowest BCUT2D eigenvalue weighted by molar-refractivity contribution is -0.129. The molecule has 2 unspecified atom stereocenters. The molecule has 0 aromatic heterocycles. The molecular formula is C48H55ClF4N8O12P2. The van der Waals surface area contributed by atoms with E-state index in [9.17, 15) is 45.9 Å². The van der Waals surface area contributed by atoms with E-state index in [1.54, 1.807) is 13.8 Å². The lowest BCUT2D eigenvalue weighted by atomic mass is 10.0. The molecule has 404 valence electrons. The fraction of sp³-hybridized carbons (Fsp3) is 0.333. The normalized spacial score (nSPS) is 18.1. The topological polar surface area (TPSA) is 285 Å². The van der Waals surface area contributed by atoms with Gasteiger partial charge in [-0.05, 0) is 24.0 Å². The maximum atomic E-state index is 14.2. The number of nitrogens with one attached hydrogen (secondary N) is 1. The monoisotopic (exact) mass is 1110 g/mol. The van der Waals surface area contributed by atoms with Crippen LogP contribution in [-0.4, -0.2) is 113 Å². The van der Waals surface area contributed by atoms with Crippen LogP contribution in [0.1, 0.15) is 50.7 Å². The van der Waals surface area contributed by atoms with Gasteiger partial charge < -0.3 is 45.2 Å². The number of benzene rings is 4. The molecule has 27 heteroatoms. The van der Waals surface area contributed by atoms with Gasteiger partial charge in [-0.25, -0.2) is 26.7 Å². The standard InChI is InChI=1S/C21H18F2N4O3.C11H10N2O2.C10H10F2N2O2.C6H16O5P2.ClH/c1-27-19-15(23)8-13(22)9-18(19)30-11-17(21(27)29)24-20(28)16-10-14(25-26-16)7-12-5-3-2-4-6-12;14-11(15)10-7-9(12-13-10)6-8-4-2-1-3-5-8;1-14-9-6(12)2-5(11)3-8(9)16-4-7(13)10(14)15;1-3-5-12(7,8)11-13(9,10)6-4-2;/h2-6,8-9,17H,7,10-11H2,1H3,(H,24,28);1-5H,6-7H2,(H,14,15);2-3,7H,4,13H2,1H3;3-6H2,1-2H3,(H,7,8)(H,9,10);1H/t17-;;7-;;/m0.0../s1. The van der Waals surface area contributed by atoms with E-state index in [0.717, 1.165) is 44.5 Å². The number of anilines is 2. The highest BCUT2D eigenvalue weighted by atomic mass is 35.5. The Hall–Kier alpha value is -6.65. The summed E-state index contributed by atoms with van der Waals surface area (Å²) >= 11 is 0. The van der Waals surface area contributed by atoms with Crippen molar-refractivity contribution in [3.05, 3.63) is 119 Å². The van der Waals surface area contributed by atoms with Crippen LogP contribution in [0.4, 0.5) is 28.9 Å². The van der Waals surface area contributed by atoms with E-state index in [1.807, 2.05) is 60.7 Å². The minimum atomic E-state index is -3.86. The third-order valence-corrected chi connectivity index (χ3v) is 14.8. The molecule has 0 saturated heterocycles. The average molecular weight is 1110 g/mol. The molecule has 6 N–H and O–H groups in total. The number of hydrogen-bond acceptors (Lipinski definition) is 14. The van der Waals surface area contributed by atoms with E-state index in [1.165, 1.54) is 14.1 Å². The summed E-state index contributed by atoms with van der Waals surface area (Å²) < 4.78 is 91.2. The Morgan fingerprint density at radius 2 is 1.13 bits per heavy atom. The first-order valence-electron chi connectivity index (χ1n) is 22.8. The highest BCUT2D eigenvalue weighted by Gasteiger charge is 2.35. The molecule has 4 heterocycles. The second-order valence-corrected chi connectivity index (χ2v) is 20.8. The number of rotatable bonds is 13. The lowest BCUT2D eigenvalue weighted by Gasteiger charge is -2.20. The Labute approximate surface area is 434 Å². The molecule has 4 aliphatic heterocycles. The third kappa shape index (κ3) is 17.7. The zero-order chi connectivity index (χ0) is 54.3. The van der Waals surface area contributed by atoms with Crippen LogP contribution < -0.4 is 30.3 Å². The number of fused-ring (bicyclic) bond motifs is 2. The number of nitrogens with zero attached hydrogens (tertiary/aromatic N) is 6. The number of halogens is 5. The maximum absolute atomic E-state index is 14.2. The highest BCUT2D eigenvalue weighted by Crippen LogP contribution is 2.59. The van der Waals surface area contributed by atoms with Crippen LogP contribution >= 0.6 is 27.6 Å². The molecule has 8 rings (SSSR count). The molecule has 0 aliphatic carbocycles. The van der Waals surface area contributed by atoms with Crippen LogP contribution in [0.2, 0.25) is 0 Å². The van der Waals surface area contributed by atoms with Crippen molar-refractivity contribution < 1.29 is 74.5 Å². The molecule has 4 aliphatic rings. The molecule has 0 saturated carbocycles. The average Bonchev–Trinajstić information content (AvgIpc) is 3.97. The number of hydrogen-bond donors (Lipinski definition) is 5. The fourth-order valence-corrected chi connectivity index (χ4v) is 10.6. The van der Waals surface area contributed by atoms with Crippen molar-refractivity contribution in [1.82, 2.24) is 5.32 Å². The van der Waals surface area contributed by atoms with Crippen molar-refractivity contribution in [1.29, 1.82) is 0 Å². The van der Waals surface area contributed by atoms with Gasteiger partial charge in [-0.1, -0.05) is 74.5 Å². The zero-order valence-electron chi connectivity index (χ0n) is 40.9. The van der Waals surface area contributed by atoms with Gasteiger partial charge in [0.2, 0.25) is 5.91 Å². The molecule has 0 bridgehead atoms. The van der Waals surface area contributed by atoms with Crippen molar-refractivity contribution in [2.45, 2.75) is 64.5 Å². The zero-order valence-corrected chi connectivity index (χ0v) is 43.5. The quantitative estimate of drug-likeness (QED) is 0.0665. The third-order valence-electron chi connectivity index (χ3n) is 10.7. The Kier molecular flexibility index (Phi) is 22.5. The van der Waals surface area contributed by atoms with Crippen molar-refractivity contribution >= 4 is 85.5 Å². The Morgan fingerprint density at radius 3 is 1.57 bits per heavy atom. The summed E-state index contributed by atoms with van der Waals surface area (Å²) in [5.74, 6) is -6.07. The number of carboxylic acid groups (broad SMARTS) is 1. The fourth-order valence-electron chi connectivity index (χ4n) is 7.24. The molecule has 4 atom stereocenters. The molecule has 20 nitrogen and oxygen atoms in total. The van der Waals surface area contributed by atoms with E-state index in [2.05, 4.69) is 30.0 Å². The van der Waals surface area contributed by atoms with E-state index in [0.29, 0.717) is 44.2 Å². The number of carbonyl (C=O) groups is 4. The highest BCUT2D eigenvalue weighted by molar-refractivity contribution is 7.66. The number of carbonyl (C=O) groups excluding carboxylic acids is 3. The van der Waals surface area contributed by atoms with Crippen molar-refractivity contribution in [2.75, 3.05) is 49.4 Å². The summed E-state index contributed by atoms with van der Waals surface area (Å²) in [5, 5.41) is 26.7. The van der Waals surface area contributed by atoms with Crippen LogP contribution in [0, 0.1) is 23.3 Å². The van der Waals surface area contributed by atoms with Crippen molar-refractivity contribution in [2.24, 2.45) is 26.1 Å². The van der Waals surface area contributed by atoms with Crippen LogP contribution in [-0.2, 0) is 45.5 Å². The minimum Gasteiger partial charge on any atom is -0.489 e. The van der Waals surface area contributed by atoms with Crippen molar-refractivity contribution in [3.8, 4) is 11.5 Å². The number of nitrogens with two attached hydrogens (primary N) is 1. The maximum Gasteiger partial charge on any atom is 0.352 e. The van der Waals surface area contributed by atoms with Gasteiger partial charge >= 0.3 is 21.2 Å². The number of aliphatic carboxylic acids is 1. The van der Waals surface area contributed by atoms with Gasteiger partial charge in [0.05, 0.1) is 23.7 Å². The molecule has 0 radical (unpaired) electrons. The van der Waals surface area contributed by atoms with Crippen LogP contribution in [0.25, 0.3) is 0 Å². The van der Waals surface area contributed by atoms with E-state index >= 15 is 0 Å². The van der Waals surface area contributed by atoms with Gasteiger partial charge in [0.25, 0.3) is 11.8 Å². The second-order valence-electron chi connectivity index (χ2n) is 16.7. The summed E-state index contributed by atoms with van der Waals surface area (Å²) in [4.78, 5) is 67.7. The van der Waals surface area contributed by atoms with Crippen LogP contribution in [0.5, 0.6) is 11.5 Å². The van der Waals surface area contributed by atoms with E-state index in [4.69, 9.17) is 30.1 Å². The largest absolute Gasteiger partial charge is 0.489 e. The first kappa shape index (κ1) is 60.9. The summed E-state index contributed by atoms with van der Waals surface area (Å²) in [5.41, 5.74) is 9.26. The Morgan fingerprint density at radius 1 is 0.707 bits per heavy atom. The number of ether oxygens (including phenoxy) is 2. The SMILES string of the molecule is CCCP(=O)(O)OP(=O)(O)CCC.CN1C(=O)[C@@H](N)COc2cc(F)cc(F)c21.CN1C(=O)[C@@H](NC(=O)C2=NN=C(Cc3ccccc3)C2)COc2cc(F)cc(F)c21.Cl.O=C(O)C1=NN=C(Cc2ccccc2)C1. The van der Waals surface area contributed by atoms with Gasteiger partial charge in [-0.2, -0.15) is 10.2 Å².